The van der Waals surface area contributed by atoms with Crippen molar-refractivity contribution in [3.05, 3.63) is 35.0 Å². The molecule has 0 bridgehead atoms. The van der Waals surface area contributed by atoms with Gasteiger partial charge in [-0.3, -0.25) is 4.79 Å². The number of carbonyl (C=O) groups excluding carboxylic acids is 1. The number of amides is 1. The van der Waals surface area contributed by atoms with Crippen LogP contribution in [-0.4, -0.2) is 37.0 Å². The van der Waals surface area contributed by atoms with E-state index in [-0.39, 0.29) is 5.91 Å². The summed E-state index contributed by atoms with van der Waals surface area (Å²) in [6.45, 7) is 7.65. The van der Waals surface area contributed by atoms with E-state index in [2.05, 4.69) is 34.3 Å². The molecular formula is C16H24N2OS. The minimum Gasteiger partial charge on any atom is -0.355 e. The molecule has 0 spiro atoms. The van der Waals surface area contributed by atoms with Crippen molar-refractivity contribution in [2.24, 2.45) is 0 Å². The van der Waals surface area contributed by atoms with Gasteiger partial charge in [0.2, 0.25) is 5.91 Å². The third-order valence-electron chi connectivity index (χ3n) is 3.86. The van der Waals surface area contributed by atoms with Crippen molar-refractivity contribution >= 4 is 17.2 Å². The van der Waals surface area contributed by atoms with Crippen molar-refractivity contribution in [2.75, 3.05) is 26.2 Å². The fraction of sp³-hybridized carbons (Fsp3) is 0.562. The number of nitrogens with zero attached hydrogens (tertiary/aromatic N) is 1. The van der Waals surface area contributed by atoms with E-state index in [1.165, 1.54) is 17.7 Å². The Balaban J connectivity index is 1.60. The van der Waals surface area contributed by atoms with Crippen molar-refractivity contribution in [1.82, 2.24) is 10.2 Å². The summed E-state index contributed by atoms with van der Waals surface area (Å²) in [6, 6.07) is 4.40. The van der Waals surface area contributed by atoms with Crippen LogP contribution < -0.4 is 5.32 Å². The van der Waals surface area contributed by atoms with Gasteiger partial charge in [0.05, 0.1) is 0 Å². The highest BCUT2D eigenvalue weighted by atomic mass is 32.1. The molecule has 0 aromatic carbocycles. The molecule has 0 atom stereocenters. The Bertz CT molecular complexity index is 408. The number of hydrogen-bond donors (Lipinski definition) is 1. The molecule has 1 amide bonds. The number of thiophene rings is 1. The van der Waals surface area contributed by atoms with E-state index >= 15 is 0 Å². The van der Waals surface area contributed by atoms with Crippen LogP contribution in [0.3, 0.4) is 0 Å². The van der Waals surface area contributed by atoms with E-state index < -0.39 is 0 Å². The third kappa shape index (κ3) is 4.76. The van der Waals surface area contributed by atoms with Gasteiger partial charge in [-0.1, -0.05) is 12.1 Å². The Morgan fingerprint density at radius 2 is 2.30 bits per heavy atom. The number of piperidine rings is 1. The van der Waals surface area contributed by atoms with Crippen LogP contribution in [0.25, 0.3) is 0 Å². The summed E-state index contributed by atoms with van der Waals surface area (Å²) in [7, 11) is 0. The molecule has 3 nitrogen and oxygen atoms in total. The largest absolute Gasteiger partial charge is 0.355 e. The summed E-state index contributed by atoms with van der Waals surface area (Å²) in [5.41, 5.74) is 0. The summed E-state index contributed by atoms with van der Waals surface area (Å²) in [6.07, 6.45) is 5.59. The Morgan fingerprint density at radius 3 is 2.95 bits per heavy atom. The second-order valence-corrected chi connectivity index (χ2v) is 6.29. The van der Waals surface area contributed by atoms with Crippen molar-refractivity contribution in [1.29, 1.82) is 0 Å². The number of hydrogen-bond acceptors (Lipinski definition) is 3. The van der Waals surface area contributed by atoms with Gasteiger partial charge in [0.15, 0.2) is 0 Å². The summed E-state index contributed by atoms with van der Waals surface area (Å²) in [4.78, 5) is 15.5. The molecule has 4 heteroatoms. The number of carbonyl (C=O) groups is 1. The number of likely N-dealkylation sites (tertiary alicyclic amines) is 1. The van der Waals surface area contributed by atoms with E-state index in [9.17, 15) is 4.79 Å². The molecule has 110 valence electrons. The maximum atomic E-state index is 11.5. The first-order valence-electron chi connectivity index (χ1n) is 7.43. The van der Waals surface area contributed by atoms with Crippen molar-refractivity contribution in [3.8, 4) is 0 Å². The second-order valence-electron chi connectivity index (χ2n) is 5.31. The zero-order valence-electron chi connectivity index (χ0n) is 12.0. The molecule has 0 radical (unpaired) electrons. The summed E-state index contributed by atoms with van der Waals surface area (Å²) >= 11 is 1.88. The SMILES string of the molecule is C=CCCC(=O)NCCN1CCC(c2cccs2)CC1. The molecule has 1 aliphatic rings. The molecule has 20 heavy (non-hydrogen) atoms. The van der Waals surface area contributed by atoms with Gasteiger partial charge >= 0.3 is 0 Å². The lowest BCUT2D eigenvalue weighted by molar-refractivity contribution is -0.121. The van der Waals surface area contributed by atoms with Crippen LogP contribution in [0.4, 0.5) is 0 Å². The van der Waals surface area contributed by atoms with E-state index in [4.69, 9.17) is 0 Å². The van der Waals surface area contributed by atoms with Crippen LogP contribution >= 0.6 is 11.3 Å². The maximum Gasteiger partial charge on any atom is 0.220 e. The number of nitrogens with one attached hydrogen (secondary N) is 1. The molecule has 1 fully saturated rings. The zero-order chi connectivity index (χ0) is 14.2. The minimum absolute atomic E-state index is 0.137. The Labute approximate surface area is 125 Å². The molecule has 0 saturated carbocycles. The van der Waals surface area contributed by atoms with Gasteiger partial charge in [0, 0.05) is 24.4 Å². The van der Waals surface area contributed by atoms with Gasteiger partial charge in [-0.25, -0.2) is 0 Å². The van der Waals surface area contributed by atoms with Crippen LogP contribution in [0, 0.1) is 0 Å². The van der Waals surface area contributed by atoms with Crippen molar-refractivity contribution in [2.45, 2.75) is 31.6 Å². The molecule has 1 aliphatic heterocycles. The van der Waals surface area contributed by atoms with Gasteiger partial charge < -0.3 is 10.2 Å². The predicted molar refractivity (Wildman–Crippen MR) is 85.2 cm³/mol. The van der Waals surface area contributed by atoms with E-state index in [1.54, 1.807) is 6.08 Å². The molecule has 0 aliphatic carbocycles. The van der Waals surface area contributed by atoms with Crippen LogP contribution in [0.2, 0.25) is 0 Å². The number of rotatable bonds is 7. The fourth-order valence-corrected chi connectivity index (χ4v) is 3.54. The first-order chi connectivity index (χ1) is 9.79. The molecule has 1 N–H and O–H groups in total. The lowest BCUT2D eigenvalue weighted by Crippen LogP contribution is -2.39. The topological polar surface area (TPSA) is 32.3 Å². The Morgan fingerprint density at radius 1 is 1.50 bits per heavy atom. The zero-order valence-corrected chi connectivity index (χ0v) is 12.8. The average molecular weight is 292 g/mol. The maximum absolute atomic E-state index is 11.5. The summed E-state index contributed by atoms with van der Waals surface area (Å²) in [5, 5.41) is 5.14. The highest BCUT2D eigenvalue weighted by Gasteiger charge is 2.20. The average Bonchev–Trinajstić information content (AvgIpc) is 3.00. The van der Waals surface area contributed by atoms with Gasteiger partial charge in [-0.15, -0.1) is 17.9 Å². The quantitative estimate of drug-likeness (QED) is 0.784. The molecule has 2 rings (SSSR count). The summed E-state index contributed by atoms with van der Waals surface area (Å²) < 4.78 is 0. The second kappa shape index (κ2) is 8.22. The minimum atomic E-state index is 0.137. The Kier molecular flexibility index (Phi) is 6.27. The van der Waals surface area contributed by atoms with Gasteiger partial charge in [-0.2, -0.15) is 0 Å². The lowest BCUT2D eigenvalue weighted by atomic mass is 9.95. The molecule has 1 saturated heterocycles. The third-order valence-corrected chi connectivity index (χ3v) is 4.89. The molecule has 1 aromatic heterocycles. The number of allylic oxidation sites excluding steroid dienone is 1. The van der Waals surface area contributed by atoms with Gasteiger partial charge in [0.25, 0.3) is 0 Å². The normalized spacial score (nSPS) is 17.0. The monoisotopic (exact) mass is 292 g/mol. The first-order valence-corrected chi connectivity index (χ1v) is 8.31. The standard InChI is InChI=1S/C16H24N2OS/c1-2-3-6-16(19)17-9-12-18-10-7-14(8-11-18)15-5-4-13-20-15/h2,4-5,13-14H,1,3,6-12H2,(H,17,19). The molecule has 2 heterocycles. The highest BCUT2D eigenvalue weighted by molar-refractivity contribution is 7.10. The molecular weight excluding hydrogens is 268 g/mol. The van der Waals surface area contributed by atoms with Crippen molar-refractivity contribution in [3.63, 3.8) is 0 Å². The van der Waals surface area contributed by atoms with Gasteiger partial charge in [0.1, 0.15) is 0 Å². The van der Waals surface area contributed by atoms with Crippen LogP contribution in [0.15, 0.2) is 30.2 Å². The smallest absolute Gasteiger partial charge is 0.220 e. The first kappa shape index (κ1) is 15.3. The van der Waals surface area contributed by atoms with Gasteiger partial charge in [-0.05, 0) is 49.7 Å². The Hall–Kier alpha value is -1.13. The van der Waals surface area contributed by atoms with Crippen molar-refractivity contribution < 1.29 is 4.79 Å². The molecule has 1 aromatic rings. The van der Waals surface area contributed by atoms with E-state index in [1.807, 2.05) is 11.3 Å². The fourth-order valence-electron chi connectivity index (χ4n) is 2.64. The highest BCUT2D eigenvalue weighted by Crippen LogP contribution is 2.30. The van der Waals surface area contributed by atoms with Crippen LogP contribution in [0.1, 0.15) is 36.5 Å². The van der Waals surface area contributed by atoms with Crippen LogP contribution in [0.5, 0.6) is 0 Å². The predicted octanol–water partition coefficient (Wildman–Crippen LogP) is 3.01. The lowest BCUT2D eigenvalue weighted by Gasteiger charge is -2.31. The molecule has 0 unspecified atom stereocenters. The summed E-state index contributed by atoms with van der Waals surface area (Å²) in [5.74, 6) is 0.881. The van der Waals surface area contributed by atoms with E-state index in [0.29, 0.717) is 6.42 Å². The van der Waals surface area contributed by atoms with E-state index in [0.717, 1.165) is 38.5 Å². The van der Waals surface area contributed by atoms with Crippen LogP contribution in [-0.2, 0) is 4.79 Å².